The number of ether oxygens (including phenoxy) is 2. The third-order valence-electron chi connectivity index (χ3n) is 3.65. The average molecular weight is 352 g/mol. The fourth-order valence-electron chi connectivity index (χ4n) is 2.20. The molecule has 2 N–H and O–H groups in total. The first-order chi connectivity index (χ1) is 12.0. The maximum absolute atomic E-state index is 11.6. The second-order valence-corrected chi connectivity index (χ2v) is 5.65. The number of carbonyl (C=O) groups is 1. The van der Waals surface area contributed by atoms with Crippen LogP contribution >= 0.6 is 0 Å². The quantitative estimate of drug-likeness (QED) is 0.568. The van der Waals surface area contributed by atoms with E-state index in [1.807, 2.05) is 26.0 Å². The van der Waals surface area contributed by atoms with Gasteiger partial charge in [-0.2, -0.15) is 9.59 Å². The second kappa shape index (κ2) is 10.5. The van der Waals surface area contributed by atoms with E-state index < -0.39 is 6.04 Å². The Bertz CT molecular complexity index is 697. The van der Waals surface area contributed by atoms with Crippen LogP contribution in [0.2, 0.25) is 0 Å². The van der Waals surface area contributed by atoms with Gasteiger partial charge in [0.1, 0.15) is 19.4 Å². The molecule has 2 aromatic heterocycles. The van der Waals surface area contributed by atoms with Crippen LogP contribution in [-0.2, 0) is 37.0 Å². The molecule has 0 aliphatic carbocycles. The van der Waals surface area contributed by atoms with Crippen LogP contribution in [0.5, 0.6) is 0 Å². The van der Waals surface area contributed by atoms with Gasteiger partial charge < -0.3 is 24.2 Å². The van der Waals surface area contributed by atoms with Crippen molar-refractivity contribution in [1.29, 1.82) is 0 Å². The molecule has 0 saturated heterocycles. The van der Waals surface area contributed by atoms with Gasteiger partial charge in [-0.25, -0.2) is 0 Å². The van der Waals surface area contributed by atoms with Gasteiger partial charge in [-0.1, -0.05) is 20.8 Å². The highest BCUT2D eigenvalue weighted by atomic mass is 16.6. The zero-order valence-corrected chi connectivity index (χ0v) is 14.7. The molecule has 8 heteroatoms. The van der Waals surface area contributed by atoms with E-state index in [1.54, 1.807) is 6.26 Å². The molecule has 2 heterocycles. The maximum Gasteiger partial charge on any atom is 0.373 e. The number of furan rings is 1. The molecule has 0 spiro atoms. The number of aryl methyl sites for hydroxylation is 1. The number of fused-ring (bicyclic) bond motifs is 1. The molecular weight excluding hydrogens is 328 g/mol. The lowest BCUT2D eigenvalue weighted by Crippen LogP contribution is -2.37. The number of esters is 1. The van der Waals surface area contributed by atoms with Gasteiger partial charge in [-0.05, 0) is 12.3 Å². The van der Waals surface area contributed by atoms with E-state index in [0.717, 1.165) is 23.2 Å². The molecular formula is C17H24N2O6. The second-order valence-electron chi connectivity index (χ2n) is 5.65. The van der Waals surface area contributed by atoms with Crippen molar-refractivity contribution in [3.8, 4) is 0 Å². The predicted octanol–water partition coefficient (Wildman–Crippen LogP) is 1.71. The summed E-state index contributed by atoms with van der Waals surface area (Å²) in [4.78, 5) is 27.8. The van der Waals surface area contributed by atoms with Crippen LogP contribution in [-0.4, -0.2) is 35.9 Å². The van der Waals surface area contributed by atoms with Crippen LogP contribution in [0.25, 0.3) is 11.1 Å². The van der Waals surface area contributed by atoms with Gasteiger partial charge >= 0.3 is 12.1 Å². The Labute approximate surface area is 145 Å². The Hall–Kier alpha value is -2.41. The van der Waals surface area contributed by atoms with Crippen molar-refractivity contribution < 1.29 is 28.3 Å². The van der Waals surface area contributed by atoms with Crippen molar-refractivity contribution in [3.05, 3.63) is 24.1 Å². The minimum atomic E-state index is -0.582. The Morgan fingerprint density at radius 2 is 2.04 bits per heavy atom. The molecule has 0 unspecified atom stereocenters. The summed E-state index contributed by atoms with van der Waals surface area (Å²) in [6.45, 7) is 6.79. The van der Waals surface area contributed by atoms with Gasteiger partial charge in [0.25, 0.3) is 0 Å². The highest BCUT2D eigenvalue weighted by Crippen LogP contribution is 2.21. The van der Waals surface area contributed by atoms with Gasteiger partial charge in [0.15, 0.2) is 5.58 Å². The molecule has 2 aromatic rings. The van der Waals surface area contributed by atoms with Crippen LogP contribution < -0.4 is 5.73 Å². The fraction of sp³-hybridized carbons (Fsp3) is 0.529. The maximum atomic E-state index is 11.6. The van der Waals surface area contributed by atoms with Crippen molar-refractivity contribution in [2.75, 3.05) is 13.2 Å². The summed E-state index contributed by atoms with van der Waals surface area (Å²) in [5.41, 5.74) is 8.72. The van der Waals surface area contributed by atoms with E-state index in [1.165, 1.54) is 0 Å². The Kier molecular flexibility index (Phi) is 8.63. The molecule has 0 bridgehead atoms. The van der Waals surface area contributed by atoms with E-state index in [9.17, 15) is 4.79 Å². The minimum absolute atomic E-state index is 0.0646. The summed E-state index contributed by atoms with van der Waals surface area (Å²) < 4.78 is 18.1. The zero-order valence-electron chi connectivity index (χ0n) is 14.7. The third kappa shape index (κ3) is 5.86. The molecule has 0 radical (unpaired) electrons. The van der Waals surface area contributed by atoms with Crippen LogP contribution in [0, 0.1) is 5.92 Å². The topological polar surface area (TPSA) is 114 Å². The first kappa shape index (κ1) is 20.6. The van der Waals surface area contributed by atoms with E-state index in [2.05, 4.69) is 11.5 Å². The van der Waals surface area contributed by atoms with Crippen molar-refractivity contribution >= 4 is 23.2 Å². The van der Waals surface area contributed by atoms with Gasteiger partial charge in [-0.15, -0.1) is 0 Å². The van der Waals surface area contributed by atoms with E-state index in [4.69, 9.17) is 29.2 Å². The molecule has 0 saturated carbocycles. The molecule has 138 valence electrons. The van der Waals surface area contributed by atoms with E-state index in [0.29, 0.717) is 13.3 Å². The summed E-state index contributed by atoms with van der Waals surface area (Å²) >= 11 is 0. The van der Waals surface area contributed by atoms with Crippen molar-refractivity contribution in [1.82, 2.24) is 4.57 Å². The fourth-order valence-corrected chi connectivity index (χ4v) is 2.20. The summed E-state index contributed by atoms with van der Waals surface area (Å²) in [7, 11) is 0. The van der Waals surface area contributed by atoms with Crippen molar-refractivity contribution in [3.63, 3.8) is 0 Å². The number of nitrogens with two attached hydrogens (primary N) is 1. The molecule has 0 aromatic carbocycles. The van der Waals surface area contributed by atoms with Gasteiger partial charge in [0.05, 0.1) is 18.4 Å². The number of hydrogen-bond donors (Lipinski definition) is 1. The predicted molar refractivity (Wildman–Crippen MR) is 88.3 cm³/mol. The van der Waals surface area contributed by atoms with Crippen LogP contribution in [0.4, 0.5) is 0 Å². The Balaban J connectivity index is 0.000000970. The summed E-state index contributed by atoms with van der Waals surface area (Å²) in [5.74, 6) is -0.319. The normalized spacial score (nSPS) is 11.7. The summed E-state index contributed by atoms with van der Waals surface area (Å²) in [5, 5.41) is 0. The number of nitrogens with zero attached hydrogens (tertiary/aromatic N) is 1. The third-order valence-corrected chi connectivity index (χ3v) is 3.65. The van der Waals surface area contributed by atoms with Gasteiger partial charge in [-0.3, -0.25) is 4.79 Å². The van der Waals surface area contributed by atoms with Crippen molar-refractivity contribution in [2.24, 2.45) is 11.7 Å². The number of rotatable bonds is 8. The van der Waals surface area contributed by atoms with Crippen molar-refractivity contribution in [2.45, 2.75) is 40.0 Å². The molecule has 0 aliphatic rings. The lowest BCUT2D eigenvalue weighted by molar-refractivity contribution is -0.191. The smallest absolute Gasteiger partial charge is 0.373 e. The molecule has 0 amide bonds. The summed E-state index contributed by atoms with van der Waals surface area (Å²) in [6, 6.07) is 3.35. The molecule has 0 fully saturated rings. The van der Waals surface area contributed by atoms with E-state index in [-0.39, 0.29) is 24.6 Å². The Morgan fingerprint density at radius 3 is 2.64 bits per heavy atom. The number of aromatic nitrogens is 1. The molecule has 8 nitrogen and oxygen atoms in total. The number of carbonyl (C=O) groups excluding carboxylic acids is 3. The first-order valence-corrected chi connectivity index (χ1v) is 8.01. The first-order valence-electron chi connectivity index (χ1n) is 8.01. The molecule has 0 aliphatic heterocycles. The lowest BCUT2D eigenvalue weighted by atomic mass is 10.1. The molecule has 1 atom stereocenters. The lowest BCUT2D eigenvalue weighted by Gasteiger charge is -2.15. The largest absolute Gasteiger partial charge is 0.463 e. The Morgan fingerprint density at radius 1 is 1.36 bits per heavy atom. The molecule has 2 rings (SSSR count). The zero-order chi connectivity index (χ0) is 18.8. The number of hydrogen-bond acceptors (Lipinski definition) is 7. The summed E-state index contributed by atoms with van der Waals surface area (Å²) in [6.07, 6.45) is 2.81. The van der Waals surface area contributed by atoms with Crippen LogP contribution in [0.1, 0.15) is 26.5 Å². The highest BCUT2D eigenvalue weighted by molar-refractivity contribution is 5.76. The van der Waals surface area contributed by atoms with E-state index >= 15 is 0 Å². The SMILES string of the molecule is CCc1cc2occc2n1COCCOC(=O)[C@@H](N)C(C)C.O=C=O. The molecule has 25 heavy (non-hydrogen) atoms. The standard InChI is InChI=1S/C16H24N2O4.CO2/c1-4-12-9-14-13(5-6-21-14)18(12)10-20-7-8-22-16(19)15(17)11(2)3;2-1-3/h5-6,9,11,15H,4,7-8,10,17H2,1-3H3;/t15-;/m0./s1. The average Bonchev–Trinajstić information content (AvgIpc) is 3.15. The minimum Gasteiger partial charge on any atom is -0.463 e. The van der Waals surface area contributed by atoms with Crippen LogP contribution in [0.3, 0.4) is 0 Å². The van der Waals surface area contributed by atoms with Gasteiger partial charge in [0.2, 0.25) is 0 Å². The van der Waals surface area contributed by atoms with Gasteiger partial charge in [0, 0.05) is 17.8 Å². The highest BCUT2D eigenvalue weighted by Gasteiger charge is 2.18. The van der Waals surface area contributed by atoms with Crippen LogP contribution in [0.15, 0.2) is 22.8 Å². The monoisotopic (exact) mass is 352 g/mol.